The largest absolute Gasteiger partial charge is 0.490 e. The molecule has 0 aliphatic carbocycles. The van der Waals surface area contributed by atoms with Gasteiger partial charge in [0.25, 0.3) is 5.91 Å². The lowest BCUT2D eigenvalue weighted by Gasteiger charge is -2.26. The SMILES string of the molecule is CC(C)Oc1ccccc1C(=O)NCc1cccc(CN2CCOCC2)c1. The van der Waals surface area contributed by atoms with Crippen molar-refractivity contribution in [1.82, 2.24) is 10.2 Å². The first-order valence-corrected chi connectivity index (χ1v) is 9.53. The molecule has 1 amide bonds. The van der Waals surface area contributed by atoms with Gasteiger partial charge in [0.15, 0.2) is 0 Å². The number of carbonyl (C=O) groups excluding carboxylic acids is 1. The smallest absolute Gasteiger partial charge is 0.255 e. The zero-order chi connectivity index (χ0) is 19.1. The van der Waals surface area contributed by atoms with Crippen LogP contribution < -0.4 is 10.1 Å². The second-order valence-corrected chi connectivity index (χ2v) is 7.05. The molecule has 5 heteroatoms. The lowest BCUT2D eigenvalue weighted by atomic mass is 10.1. The highest BCUT2D eigenvalue weighted by Gasteiger charge is 2.14. The van der Waals surface area contributed by atoms with E-state index in [9.17, 15) is 4.79 Å². The van der Waals surface area contributed by atoms with Crippen LogP contribution in [0.2, 0.25) is 0 Å². The Hall–Kier alpha value is -2.37. The molecule has 1 aliphatic heterocycles. The highest BCUT2D eigenvalue weighted by atomic mass is 16.5. The minimum atomic E-state index is -0.121. The summed E-state index contributed by atoms with van der Waals surface area (Å²) < 4.78 is 11.1. The molecule has 0 unspecified atom stereocenters. The van der Waals surface area contributed by atoms with Gasteiger partial charge in [-0.1, -0.05) is 36.4 Å². The number of amides is 1. The van der Waals surface area contributed by atoms with Crippen molar-refractivity contribution in [2.75, 3.05) is 26.3 Å². The highest BCUT2D eigenvalue weighted by Crippen LogP contribution is 2.19. The Morgan fingerprint density at radius 3 is 2.63 bits per heavy atom. The molecule has 2 aromatic rings. The minimum Gasteiger partial charge on any atom is -0.490 e. The molecule has 0 saturated carbocycles. The van der Waals surface area contributed by atoms with Crippen molar-refractivity contribution in [2.24, 2.45) is 0 Å². The van der Waals surface area contributed by atoms with E-state index in [-0.39, 0.29) is 12.0 Å². The lowest BCUT2D eigenvalue weighted by molar-refractivity contribution is 0.0342. The Bertz CT molecular complexity index is 755. The number of nitrogens with one attached hydrogen (secondary N) is 1. The van der Waals surface area contributed by atoms with Gasteiger partial charge in [-0.2, -0.15) is 0 Å². The minimum absolute atomic E-state index is 0.0239. The highest BCUT2D eigenvalue weighted by molar-refractivity contribution is 5.96. The lowest BCUT2D eigenvalue weighted by Crippen LogP contribution is -2.35. The van der Waals surface area contributed by atoms with Crippen LogP contribution in [-0.2, 0) is 17.8 Å². The van der Waals surface area contributed by atoms with Gasteiger partial charge in [-0.3, -0.25) is 9.69 Å². The fourth-order valence-corrected chi connectivity index (χ4v) is 3.14. The van der Waals surface area contributed by atoms with Crippen LogP contribution in [0.1, 0.15) is 35.3 Å². The van der Waals surface area contributed by atoms with Crippen molar-refractivity contribution >= 4 is 5.91 Å². The Labute approximate surface area is 161 Å². The molecular formula is C22H28N2O3. The van der Waals surface area contributed by atoms with Gasteiger partial charge in [-0.05, 0) is 37.1 Å². The Kier molecular flexibility index (Phi) is 6.85. The Balaban J connectivity index is 1.60. The van der Waals surface area contributed by atoms with Crippen molar-refractivity contribution < 1.29 is 14.3 Å². The molecule has 0 bridgehead atoms. The first-order chi connectivity index (χ1) is 13.1. The molecule has 0 atom stereocenters. The average molecular weight is 368 g/mol. The van der Waals surface area contributed by atoms with Crippen LogP contribution in [-0.4, -0.2) is 43.2 Å². The molecule has 1 heterocycles. The number of morpholine rings is 1. The molecule has 144 valence electrons. The fraction of sp³-hybridized carbons (Fsp3) is 0.409. The first kappa shape index (κ1) is 19.4. The van der Waals surface area contributed by atoms with E-state index in [4.69, 9.17) is 9.47 Å². The van der Waals surface area contributed by atoms with Gasteiger partial charge in [0.2, 0.25) is 0 Å². The third-order valence-corrected chi connectivity index (χ3v) is 4.45. The standard InChI is InChI=1S/C22H28N2O3/c1-17(2)27-21-9-4-3-8-20(21)22(25)23-15-18-6-5-7-19(14-18)16-24-10-12-26-13-11-24/h3-9,14,17H,10-13,15-16H2,1-2H3,(H,23,25). The maximum Gasteiger partial charge on any atom is 0.255 e. The maximum atomic E-state index is 12.6. The number of nitrogens with zero attached hydrogens (tertiary/aromatic N) is 1. The van der Waals surface area contributed by atoms with E-state index in [0.717, 1.165) is 38.4 Å². The monoisotopic (exact) mass is 368 g/mol. The fourth-order valence-electron chi connectivity index (χ4n) is 3.14. The van der Waals surface area contributed by atoms with Gasteiger partial charge >= 0.3 is 0 Å². The molecule has 0 aromatic heterocycles. The van der Waals surface area contributed by atoms with Crippen molar-refractivity contribution in [3.8, 4) is 5.75 Å². The van der Waals surface area contributed by atoms with E-state index < -0.39 is 0 Å². The third kappa shape index (κ3) is 5.81. The molecule has 5 nitrogen and oxygen atoms in total. The summed E-state index contributed by atoms with van der Waals surface area (Å²) in [6.45, 7) is 8.84. The second kappa shape index (κ2) is 9.53. The van der Waals surface area contributed by atoms with Gasteiger partial charge in [0.05, 0.1) is 24.9 Å². The maximum absolute atomic E-state index is 12.6. The van der Waals surface area contributed by atoms with Crippen molar-refractivity contribution in [3.63, 3.8) is 0 Å². The van der Waals surface area contributed by atoms with Gasteiger partial charge < -0.3 is 14.8 Å². The van der Waals surface area contributed by atoms with Crippen LogP contribution in [0.3, 0.4) is 0 Å². The summed E-state index contributed by atoms with van der Waals surface area (Å²) in [6, 6.07) is 15.7. The average Bonchev–Trinajstić information content (AvgIpc) is 2.67. The van der Waals surface area contributed by atoms with Crippen LogP contribution in [0, 0.1) is 0 Å². The number of benzene rings is 2. The van der Waals surface area contributed by atoms with Gasteiger partial charge in [0, 0.05) is 26.2 Å². The third-order valence-electron chi connectivity index (χ3n) is 4.45. The summed E-state index contributed by atoms with van der Waals surface area (Å²) in [5, 5.41) is 3.01. The van der Waals surface area contributed by atoms with Gasteiger partial charge in [-0.15, -0.1) is 0 Å². The zero-order valence-corrected chi connectivity index (χ0v) is 16.1. The van der Waals surface area contributed by atoms with Gasteiger partial charge in [0.1, 0.15) is 5.75 Å². The summed E-state index contributed by atoms with van der Waals surface area (Å²) in [6.07, 6.45) is 0.0239. The van der Waals surface area contributed by atoms with Crippen LogP contribution in [0.5, 0.6) is 5.75 Å². The summed E-state index contributed by atoms with van der Waals surface area (Å²) >= 11 is 0. The molecule has 1 aliphatic rings. The quantitative estimate of drug-likeness (QED) is 0.815. The summed E-state index contributed by atoms with van der Waals surface area (Å²) in [5.41, 5.74) is 2.92. The van der Waals surface area contributed by atoms with Crippen LogP contribution in [0.4, 0.5) is 0 Å². The molecule has 27 heavy (non-hydrogen) atoms. The van der Waals surface area contributed by atoms with E-state index in [0.29, 0.717) is 17.9 Å². The van der Waals surface area contributed by atoms with Crippen molar-refractivity contribution in [3.05, 3.63) is 65.2 Å². The van der Waals surface area contributed by atoms with Crippen LogP contribution in [0.25, 0.3) is 0 Å². The molecule has 1 N–H and O–H groups in total. The molecule has 1 fully saturated rings. The number of carbonyl (C=O) groups is 1. The number of hydrogen-bond donors (Lipinski definition) is 1. The van der Waals surface area contributed by atoms with Crippen molar-refractivity contribution in [1.29, 1.82) is 0 Å². The van der Waals surface area contributed by atoms with E-state index in [1.165, 1.54) is 5.56 Å². The van der Waals surface area contributed by atoms with E-state index in [1.807, 2.05) is 44.2 Å². The predicted molar refractivity (Wildman–Crippen MR) is 106 cm³/mol. The predicted octanol–water partition coefficient (Wildman–Crippen LogP) is 3.24. The van der Waals surface area contributed by atoms with Crippen molar-refractivity contribution in [2.45, 2.75) is 33.0 Å². The molecule has 0 spiro atoms. The molecule has 3 rings (SSSR count). The normalized spacial score (nSPS) is 14.9. The number of para-hydroxylation sites is 1. The Morgan fingerprint density at radius 2 is 1.85 bits per heavy atom. The molecular weight excluding hydrogens is 340 g/mol. The van der Waals surface area contributed by atoms with E-state index >= 15 is 0 Å². The molecule has 2 aromatic carbocycles. The first-order valence-electron chi connectivity index (χ1n) is 9.53. The second-order valence-electron chi connectivity index (χ2n) is 7.05. The molecule has 1 saturated heterocycles. The van der Waals surface area contributed by atoms with Crippen LogP contribution >= 0.6 is 0 Å². The van der Waals surface area contributed by atoms with Gasteiger partial charge in [-0.25, -0.2) is 0 Å². The van der Waals surface area contributed by atoms with Crippen LogP contribution in [0.15, 0.2) is 48.5 Å². The Morgan fingerprint density at radius 1 is 1.11 bits per heavy atom. The number of ether oxygens (including phenoxy) is 2. The van der Waals surface area contributed by atoms with E-state index in [1.54, 1.807) is 6.07 Å². The molecule has 0 radical (unpaired) electrons. The summed E-state index contributed by atoms with van der Waals surface area (Å²) in [5.74, 6) is 0.496. The number of hydrogen-bond acceptors (Lipinski definition) is 4. The van der Waals surface area contributed by atoms with E-state index in [2.05, 4.69) is 22.3 Å². The summed E-state index contributed by atoms with van der Waals surface area (Å²) in [4.78, 5) is 15.0. The number of rotatable bonds is 7. The summed E-state index contributed by atoms with van der Waals surface area (Å²) in [7, 11) is 0. The topological polar surface area (TPSA) is 50.8 Å². The zero-order valence-electron chi connectivity index (χ0n) is 16.1.